The molecular formula is C29H22F3N3O3S. The van der Waals surface area contributed by atoms with E-state index in [0.29, 0.717) is 40.1 Å². The van der Waals surface area contributed by atoms with Gasteiger partial charge < -0.3 is 9.88 Å². The summed E-state index contributed by atoms with van der Waals surface area (Å²) in [7, 11) is 0. The number of anilines is 1. The first-order chi connectivity index (χ1) is 18.5. The van der Waals surface area contributed by atoms with E-state index in [4.69, 9.17) is 0 Å². The molecule has 3 aromatic carbocycles. The second-order valence-electron chi connectivity index (χ2n) is 9.05. The maximum atomic E-state index is 13.2. The van der Waals surface area contributed by atoms with Crippen molar-refractivity contribution in [3.05, 3.63) is 100 Å². The molecule has 1 aliphatic heterocycles. The first kappa shape index (κ1) is 26.3. The van der Waals surface area contributed by atoms with E-state index >= 15 is 0 Å². The molecule has 4 aromatic rings. The number of nitrogens with zero attached hydrogens (tertiary/aromatic N) is 2. The fourth-order valence-electron chi connectivity index (χ4n) is 4.60. The van der Waals surface area contributed by atoms with Crippen molar-refractivity contribution < 1.29 is 27.6 Å². The molecule has 198 valence electrons. The maximum Gasteiger partial charge on any atom is 0.416 e. The van der Waals surface area contributed by atoms with E-state index < -0.39 is 35.3 Å². The number of hydrogen-bond donors (Lipinski definition) is 1. The zero-order valence-electron chi connectivity index (χ0n) is 20.9. The molecule has 0 spiro atoms. The van der Waals surface area contributed by atoms with Crippen molar-refractivity contribution in [2.24, 2.45) is 0 Å². The highest BCUT2D eigenvalue weighted by Gasteiger charge is 2.36. The number of imide groups is 1. The van der Waals surface area contributed by atoms with Crippen LogP contribution in [0.5, 0.6) is 0 Å². The van der Waals surface area contributed by atoms with Crippen molar-refractivity contribution in [3.8, 4) is 5.69 Å². The van der Waals surface area contributed by atoms with Crippen LogP contribution in [0.2, 0.25) is 0 Å². The summed E-state index contributed by atoms with van der Waals surface area (Å²) in [5.74, 6) is -1.13. The highest BCUT2D eigenvalue weighted by Crippen LogP contribution is 2.35. The summed E-state index contributed by atoms with van der Waals surface area (Å²) < 4.78 is 41.4. The molecule has 39 heavy (non-hydrogen) atoms. The number of hydrogen-bond acceptors (Lipinski definition) is 4. The molecule has 1 aliphatic rings. The van der Waals surface area contributed by atoms with Gasteiger partial charge in [0.2, 0.25) is 5.91 Å². The Kier molecular flexibility index (Phi) is 6.82. The van der Waals surface area contributed by atoms with Gasteiger partial charge in [-0.3, -0.25) is 19.3 Å². The molecule has 10 heteroatoms. The zero-order chi connectivity index (χ0) is 27.9. The van der Waals surface area contributed by atoms with Gasteiger partial charge in [0.15, 0.2) is 0 Å². The van der Waals surface area contributed by atoms with E-state index in [1.54, 1.807) is 42.7 Å². The number of carbonyl (C=O) groups is 3. The number of alkyl halides is 3. The molecule has 0 unspecified atom stereocenters. The summed E-state index contributed by atoms with van der Waals surface area (Å²) in [6, 6.07) is 19.7. The summed E-state index contributed by atoms with van der Waals surface area (Å²) in [6.07, 6.45) is -2.95. The third-order valence-electron chi connectivity index (χ3n) is 6.43. The van der Waals surface area contributed by atoms with Crippen LogP contribution >= 0.6 is 11.8 Å². The number of aromatic nitrogens is 1. The fourth-order valence-corrected chi connectivity index (χ4v) is 5.43. The lowest BCUT2D eigenvalue weighted by atomic mass is 10.1. The van der Waals surface area contributed by atoms with Crippen molar-refractivity contribution in [2.75, 3.05) is 11.9 Å². The molecule has 1 saturated heterocycles. The number of carbonyl (C=O) groups excluding carboxylic acids is 3. The van der Waals surface area contributed by atoms with Gasteiger partial charge in [0.25, 0.3) is 11.1 Å². The Bertz CT molecular complexity index is 1670. The quantitative estimate of drug-likeness (QED) is 0.274. The zero-order valence-corrected chi connectivity index (χ0v) is 21.7. The van der Waals surface area contributed by atoms with E-state index in [1.807, 2.05) is 30.3 Å². The van der Waals surface area contributed by atoms with Crippen LogP contribution < -0.4 is 5.32 Å². The highest BCUT2D eigenvalue weighted by molar-refractivity contribution is 8.18. The SMILES string of the molecule is Cc1cc(/C=C2\SC(=O)N(CC(=O)Nc3cccc4ccccc34)C2=O)c(C)n1-c1cccc(C(F)(F)F)c1. The molecule has 0 aliphatic carbocycles. The average molecular weight is 550 g/mol. The molecule has 1 aromatic heterocycles. The second-order valence-corrected chi connectivity index (χ2v) is 10.0. The van der Waals surface area contributed by atoms with E-state index in [1.165, 1.54) is 12.1 Å². The molecule has 5 rings (SSSR count). The van der Waals surface area contributed by atoms with Crippen LogP contribution in [0.1, 0.15) is 22.5 Å². The normalized spacial score (nSPS) is 15.0. The first-order valence-electron chi connectivity index (χ1n) is 11.9. The van der Waals surface area contributed by atoms with Crippen LogP contribution in [0.3, 0.4) is 0 Å². The van der Waals surface area contributed by atoms with E-state index in [-0.39, 0.29) is 4.91 Å². The Morgan fingerprint density at radius 1 is 0.974 bits per heavy atom. The molecule has 0 radical (unpaired) electrons. The van der Waals surface area contributed by atoms with Crippen LogP contribution in [0.15, 0.2) is 77.7 Å². The van der Waals surface area contributed by atoms with Gasteiger partial charge in [0.05, 0.1) is 10.5 Å². The summed E-state index contributed by atoms with van der Waals surface area (Å²) in [5.41, 5.74) is 1.98. The molecular weight excluding hydrogens is 527 g/mol. The van der Waals surface area contributed by atoms with Gasteiger partial charge in [-0.2, -0.15) is 13.2 Å². The van der Waals surface area contributed by atoms with Crippen molar-refractivity contribution in [1.29, 1.82) is 0 Å². The number of nitrogens with one attached hydrogen (secondary N) is 1. The Morgan fingerprint density at radius 2 is 1.69 bits per heavy atom. The molecule has 6 nitrogen and oxygen atoms in total. The van der Waals surface area contributed by atoms with Gasteiger partial charge in [-0.1, -0.05) is 42.5 Å². The van der Waals surface area contributed by atoms with E-state index in [9.17, 15) is 27.6 Å². The lowest BCUT2D eigenvalue weighted by Gasteiger charge is -2.13. The second kappa shape index (κ2) is 10.1. The number of aryl methyl sites for hydroxylation is 1. The van der Waals surface area contributed by atoms with E-state index in [0.717, 1.165) is 27.8 Å². The molecule has 0 saturated carbocycles. The molecule has 3 amide bonds. The van der Waals surface area contributed by atoms with Gasteiger partial charge in [-0.15, -0.1) is 0 Å². The van der Waals surface area contributed by atoms with Gasteiger partial charge in [0, 0.05) is 28.1 Å². The molecule has 0 bridgehead atoms. The number of halogens is 3. The van der Waals surface area contributed by atoms with Crippen molar-refractivity contribution in [1.82, 2.24) is 9.47 Å². The number of amides is 3. The monoisotopic (exact) mass is 549 g/mol. The van der Waals surface area contributed by atoms with Gasteiger partial charge in [-0.25, -0.2) is 0 Å². The largest absolute Gasteiger partial charge is 0.416 e. The van der Waals surface area contributed by atoms with Gasteiger partial charge in [0.1, 0.15) is 6.54 Å². The van der Waals surface area contributed by atoms with Crippen LogP contribution in [-0.4, -0.2) is 33.1 Å². The van der Waals surface area contributed by atoms with E-state index in [2.05, 4.69) is 5.32 Å². The molecule has 0 atom stereocenters. The Morgan fingerprint density at radius 3 is 2.46 bits per heavy atom. The standard InChI is InChI=1S/C29H22F3N3O3S/c1-17-13-20(18(2)35(17)22-10-6-9-21(15-22)29(30,31)32)14-25-27(37)34(28(38)39-25)16-26(36)33-24-12-5-8-19-7-3-4-11-23(19)24/h3-15H,16H2,1-2H3,(H,33,36)/b25-14-. The Labute approximate surface area is 226 Å². The van der Waals surface area contributed by atoms with Crippen LogP contribution in [-0.2, 0) is 15.8 Å². The minimum atomic E-state index is -4.48. The van der Waals surface area contributed by atoms with Crippen molar-refractivity contribution >= 4 is 51.4 Å². The highest BCUT2D eigenvalue weighted by atomic mass is 32.2. The number of rotatable bonds is 5. The van der Waals surface area contributed by atoms with Crippen LogP contribution in [0, 0.1) is 13.8 Å². The Balaban J connectivity index is 1.36. The molecule has 2 heterocycles. The number of thioether (sulfide) groups is 1. The van der Waals surface area contributed by atoms with Crippen LogP contribution in [0.25, 0.3) is 22.5 Å². The number of benzene rings is 3. The Hall–Kier alpha value is -4.31. The summed E-state index contributed by atoms with van der Waals surface area (Å²) in [4.78, 5) is 39.4. The summed E-state index contributed by atoms with van der Waals surface area (Å²) in [6.45, 7) is 3.02. The predicted molar refractivity (Wildman–Crippen MR) is 145 cm³/mol. The summed E-state index contributed by atoms with van der Waals surface area (Å²) >= 11 is 0.713. The third kappa shape index (κ3) is 5.20. The molecule has 1 fully saturated rings. The predicted octanol–water partition coefficient (Wildman–Crippen LogP) is 6.94. The van der Waals surface area contributed by atoms with Gasteiger partial charge >= 0.3 is 6.18 Å². The van der Waals surface area contributed by atoms with Crippen molar-refractivity contribution in [3.63, 3.8) is 0 Å². The van der Waals surface area contributed by atoms with Crippen molar-refractivity contribution in [2.45, 2.75) is 20.0 Å². The third-order valence-corrected chi connectivity index (χ3v) is 7.33. The number of fused-ring (bicyclic) bond motifs is 1. The maximum absolute atomic E-state index is 13.2. The topological polar surface area (TPSA) is 71.4 Å². The summed E-state index contributed by atoms with van der Waals surface area (Å²) in [5, 5.41) is 3.96. The fraction of sp³-hybridized carbons (Fsp3) is 0.138. The van der Waals surface area contributed by atoms with Gasteiger partial charge in [-0.05, 0) is 73.0 Å². The minimum absolute atomic E-state index is 0.127. The smallest absolute Gasteiger partial charge is 0.324 e. The molecule has 1 N–H and O–H groups in total. The minimum Gasteiger partial charge on any atom is -0.324 e. The lowest BCUT2D eigenvalue weighted by Crippen LogP contribution is -2.36. The van der Waals surface area contributed by atoms with Crippen LogP contribution in [0.4, 0.5) is 23.7 Å². The first-order valence-corrected chi connectivity index (χ1v) is 12.7. The average Bonchev–Trinajstić information content (AvgIpc) is 3.32. The lowest BCUT2D eigenvalue weighted by molar-refractivity contribution is -0.137.